The summed E-state index contributed by atoms with van der Waals surface area (Å²) in [6, 6.07) is 58.6. The minimum absolute atomic E-state index is 0.0827. The third-order valence-electron chi connectivity index (χ3n) is 22.7. The predicted octanol–water partition coefficient (Wildman–Crippen LogP) is 18.4. The van der Waals surface area contributed by atoms with E-state index < -0.39 is 11.1 Å². The van der Waals surface area contributed by atoms with Crippen LogP contribution in [0.5, 0.6) is 23.0 Å². The first-order chi connectivity index (χ1) is 62.5. The number of halogens is 4. The van der Waals surface area contributed by atoms with Gasteiger partial charge in [-0.15, -0.1) is 0 Å². The monoisotopic (exact) mass is 1750 g/mol. The van der Waals surface area contributed by atoms with E-state index in [2.05, 4.69) is 62.1 Å². The Morgan fingerprint density at radius 2 is 0.682 bits per heavy atom. The highest BCUT2D eigenvalue weighted by Gasteiger charge is 2.46. The molecule has 664 valence electrons. The largest absolute Gasteiger partial charge is 0.495 e. The van der Waals surface area contributed by atoms with E-state index >= 15 is 0 Å². The fourth-order valence-electron chi connectivity index (χ4n) is 15.2. The minimum atomic E-state index is -0.765. The molecule has 4 aromatic heterocycles. The Bertz CT molecular complexity index is 6380. The molecule has 3 aliphatic carbocycles. The molecule has 10 N–H and O–H groups in total. The van der Waals surface area contributed by atoms with Crippen molar-refractivity contribution in [1.82, 2.24) is 62.1 Å². The van der Waals surface area contributed by atoms with Crippen molar-refractivity contribution in [2.45, 2.75) is 107 Å². The summed E-state index contributed by atoms with van der Waals surface area (Å²) < 4.78 is 86.8. The van der Waals surface area contributed by atoms with Crippen LogP contribution in [-0.4, -0.2) is 152 Å². The third-order valence-corrected chi connectivity index (χ3v) is 22.7. The molecule has 0 radical (unpaired) electrons. The lowest BCUT2D eigenvalue weighted by molar-refractivity contribution is 0.0755. The summed E-state index contributed by atoms with van der Waals surface area (Å²) in [4.78, 5) is 52.3. The van der Waals surface area contributed by atoms with Crippen LogP contribution in [0.1, 0.15) is 169 Å². The van der Waals surface area contributed by atoms with Crippen LogP contribution in [-0.2, 0) is 22.7 Å². The van der Waals surface area contributed by atoms with Gasteiger partial charge in [-0.2, -0.15) is 20.4 Å². The molecule has 3 fully saturated rings. The smallest absolute Gasteiger partial charge is 0.255 e. The van der Waals surface area contributed by atoms with E-state index in [-0.39, 0.29) is 71.2 Å². The number of nitrogens with one attached hydrogen (secondary N) is 8. The fraction of sp³-hybridized carbons (Fsp3) is 0.248. The summed E-state index contributed by atoms with van der Waals surface area (Å²) in [5, 5.41) is 63.3. The number of rotatable bonds is 31. The van der Waals surface area contributed by atoms with E-state index in [1.807, 2.05) is 103 Å². The first-order valence-electron chi connectivity index (χ1n) is 42.2. The summed E-state index contributed by atoms with van der Waals surface area (Å²) in [5.74, 6) is -0.457. The van der Waals surface area contributed by atoms with Crippen LogP contribution in [0.25, 0.3) is 92.2 Å². The maximum atomic E-state index is 13.3. The number of aliphatic hydroxyl groups excluding tert-OH is 2. The number of H-pyrrole nitrogens is 4. The molecule has 0 unspecified atom stereocenters. The molecule has 0 spiro atoms. The number of carbonyl (C=O) groups is 4. The van der Waals surface area contributed by atoms with Crippen LogP contribution in [0.15, 0.2) is 206 Å². The standard InChI is InChI=1S/C29H28FN3O3.C28H26FN3O3.C23H24FN3O3.C21H22FN3O3/c1-35-27-23(28(34)31-29(15-16-29)17-18-36-19-21-5-3-2-4-6-21)12-14-25-26(27)24(32-33-25)13-9-20-7-10-22(30)11-8-20;1-34-26-22(27(33)30-28(15-16-28)18-35-17-20-5-3-2-4-6-20)12-14-24-25(26)23(31-32-24)13-9-19-7-10-21(29)11-8-19;1-30-21-17(22(29)25-23(14-28)12-2-3-13-23)9-11-19-20(21)18(26-27-19)10-6-15-4-7-16(24)8-5-15;1-21(2,12-26)23-20(27)15-9-11-17-18(19(15)28-3)16(24-25-17)10-6-13-4-7-14(22)8-5-13/h2-14H,15-19H2,1H3,(H,31,34)(H,32,33);2-14H,15-18H2,1H3,(H,30,33)(H,31,32);4-11,28H,2-3,12-14H2,1H3,(H,25,29)(H,26,27);4-11,26H,12H2,1-3H3,(H,23,27)(H,24,25)/b2*13-9+;2*10-6+. The molecule has 3 saturated carbocycles. The Hall–Kier alpha value is -14.3. The number of nitrogens with zero attached hydrogens (tertiary/aromatic N) is 4. The van der Waals surface area contributed by atoms with E-state index in [9.17, 15) is 47.0 Å². The van der Waals surface area contributed by atoms with Gasteiger partial charge in [-0.05, 0) is 214 Å². The molecule has 24 nitrogen and oxygen atoms in total. The highest BCUT2D eigenvalue weighted by Crippen LogP contribution is 2.43. The van der Waals surface area contributed by atoms with Gasteiger partial charge in [-0.3, -0.25) is 39.6 Å². The topological polar surface area (TPSA) is 327 Å². The summed E-state index contributed by atoms with van der Waals surface area (Å²) >= 11 is 0. The second kappa shape index (κ2) is 41.4. The normalized spacial score (nSPS) is 14.1. The zero-order valence-electron chi connectivity index (χ0n) is 72.1. The number of methoxy groups -OCH3 is 4. The molecule has 4 heterocycles. The molecule has 10 aromatic carbocycles. The van der Waals surface area contributed by atoms with Crippen LogP contribution >= 0.6 is 0 Å². The van der Waals surface area contributed by atoms with E-state index in [1.54, 1.807) is 131 Å². The first kappa shape index (κ1) is 90.9. The van der Waals surface area contributed by atoms with E-state index in [1.165, 1.54) is 62.8 Å². The fourth-order valence-corrected chi connectivity index (χ4v) is 15.2. The Kier molecular flexibility index (Phi) is 29.2. The quantitative estimate of drug-likeness (QED) is 0.0143. The first-order valence-corrected chi connectivity index (χ1v) is 42.2. The Labute approximate surface area is 742 Å². The number of aromatic nitrogens is 8. The number of aliphatic hydroxyl groups is 2. The molecule has 17 rings (SSSR count). The lowest BCUT2D eigenvalue weighted by Gasteiger charge is -2.28. The number of aromatic amines is 4. The lowest BCUT2D eigenvalue weighted by Crippen LogP contribution is -2.49. The molecular formula is C101H100F4N12O12. The molecule has 0 saturated heterocycles. The van der Waals surface area contributed by atoms with Gasteiger partial charge >= 0.3 is 0 Å². The maximum absolute atomic E-state index is 13.3. The van der Waals surface area contributed by atoms with Crippen molar-refractivity contribution in [2.75, 3.05) is 54.9 Å². The van der Waals surface area contributed by atoms with E-state index in [4.69, 9.17) is 28.4 Å². The van der Waals surface area contributed by atoms with Gasteiger partial charge in [-0.1, -0.05) is 146 Å². The van der Waals surface area contributed by atoms with Crippen molar-refractivity contribution >= 4 is 116 Å². The van der Waals surface area contributed by atoms with Gasteiger partial charge in [0.05, 0.1) is 167 Å². The molecule has 14 aromatic rings. The summed E-state index contributed by atoms with van der Waals surface area (Å²) in [5.41, 5.74) is 10.7. The van der Waals surface area contributed by atoms with Gasteiger partial charge in [0.2, 0.25) is 0 Å². The molecule has 28 heteroatoms. The van der Waals surface area contributed by atoms with Gasteiger partial charge in [0, 0.05) is 12.1 Å². The number of benzene rings is 10. The Morgan fingerprint density at radius 1 is 0.380 bits per heavy atom. The number of hydrogen-bond donors (Lipinski definition) is 10. The van der Waals surface area contributed by atoms with Crippen LogP contribution in [0.3, 0.4) is 0 Å². The molecule has 4 amide bonds. The zero-order valence-corrected chi connectivity index (χ0v) is 72.1. The SMILES string of the molecule is COc1c(C(=O)NC(C)(C)CO)ccc2n[nH]c(/C=C/c3ccc(F)cc3)c12.COc1c(C(=O)NC2(CCOCc3ccccc3)CC2)ccc2n[nH]c(/C=C/c3ccc(F)cc3)c12.COc1c(C(=O)NC2(CO)CCCC2)ccc2n[nH]c(/C=C/c3ccc(F)cc3)c12.COc1c(C(=O)NC2(COCc3ccccc3)CC2)ccc2n[nH]c(/C=C/c3ccc(F)cc3)c12. The van der Waals surface area contributed by atoms with E-state index in [0.29, 0.717) is 133 Å². The minimum Gasteiger partial charge on any atom is -0.495 e. The summed E-state index contributed by atoms with van der Waals surface area (Å²) in [7, 11) is 6.10. The number of carbonyl (C=O) groups excluding carboxylic acids is 4. The summed E-state index contributed by atoms with van der Waals surface area (Å²) in [6.07, 6.45) is 22.5. The highest BCUT2D eigenvalue weighted by molar-refractivity contribution is 6.09. The van der Waals surface area contributed by atoms with Crippen LogP contribution < -0.4 is 40.2 Å². The number of fused-ring (bicyclic) bond motifs is 4. The van der Waals surface area contributed by atoms with Crippen molar-refractivity contribution in [2.24, 2.45) is 0 Å². The number of amides is 4. The Balaban J connectivity index is 0.000000140. The third kappa shape index (κ3) is 22.7. The van der Waals surface area contributed by atoms with Crippen molar-refractivity contribution in [1.29, 1.82) is 0 Å². The molecule has 129 heavy (non-hydrogen) atoms. The van der Waals surface area contributed by atoms with Gasteiger partial charge in [0.15, 0.2) is 0 Å². The maximum Gasteiger partial charge on any atom is 0.255 e. The second-order valence-corrected chi connectivity index (χ2v) is 32.6. The zero-order chi connectivity index (χ0) is 90.7. The lowest BCUT2D eigenvalue weighted by atomic mass is 9.97. The summed E-state index contributed by atoms with van der Waals surface area (Å²) in [6.45, 7) is 5.27. The van der Waals surface area contributed by atoms with Gasteiger partial charge < -0.3 is 59.9 Å². The highest BCUT2D eigenvalue weighted by atomic mass is 19.1. The molecular weight excluding hydrogens is 1650 g/mol. The van der Waals surface area contributed by atoms with Crippen molar-refractivity contribution in [3.8, 4) is 23.0 Å². The predicted molar refractivity (Wildman–Crippen MR) is 492 cm³/mol. The number of ether oxygens (including phenoxy) is 6. The molecule has 0 bridgehead atoms. The second-order valence-electron chi connectivity index (χ2n) is 32.6. The van der Waals surface area contributed by atoms with Crippen LogP contribution in [0.4, 0.5) is 17.6 Å². The Morgan fingerprint density at radius 3 is 0.984 bits per heavy atom. The van der Waals surface area contributed by atoms with Gasteiger partial charge in [0.1, 0.15) is 46.3 Å². The molecule has 3 aliphatic rings. The van der Waals surface area contributed by atoms with Crippen molar-refractivity contribution < 1.29 is 75.4 Å². The molecule has 0 atom stereocenters. The van der Waals surface area contributed by atoms with Crippen molar-refractivity contribution in [3.05, 3.63) is 308 Å². The average molecular weight is 1750 g/mol. The number of hydrogen-bond acceptors (Lipinski definition) is 16. The van der Waals surface area contributed by atoms with E-state index in [0.717, 1.165) is 96.6 Å². The van der Waals surface area contributed by atoms with Gasteiger partial charge in [-0.25, -0.2) is 17.6 Å². The van der Waals surface area contributed by atoms with Crippen LogP contribution in [0.2, 0.25) is 0 Å². The van der Waals surface area contributed by atoms with Crippen LogP contribution in [0, 0.1) is 23.3 Å². The van der Waals surface area contributed by atoms with Gasteiger partial charge in [0.25, 0.3) is 23.6 Å². The molecule has 0 aliphatic heterocycles. The van der Waals surface area contributed by atoms with Crippen molar-refractivity contribution in [3.63, 3.8) is 0 Å². The average Bonchev–Trinajstić information content (AvgIpc) is 1.65.